The van der Waals surface area contributed by atoms with Crippen molar-refractivity contribution in [1.29, 1.82) is 0 Å². The van der Waals surface area contributed by atoms with Crippen molar-refractivity contribution in [3.63, 3.8) is 0 Å². The third-order valence-corrected chi connectivity index (χ3v) is 3.49. The number of aromatic nitrogens is 3. The Morgan fingerprint density at radius 1 is 1.27 bits per heavy atom. The average molecular weight is 294 g/mol. The number of fused-ring (bicyclic) bond motifs is 1. The second-order valence-electron chi connectivity index (χ2n) is 5.16. The van der Waals surface area contributed by atoms with Crippen LogP contribution in [0.1, 0.15) is 24.0 Å². The van der Waals surface area contributed by atoms with E-state index in [-0.39, 0.29) is 5.91 Å². The van der Waals surface area contributed by atoms with Crippen LogP contribution in [0, 0.1) is 0 Å². The van der Waals surface area contributed by atoms with Crippen LogP contribution in [0.15, 0.2) is 42.6 Å². The van der Waals surface area contributed by atoms with Gasteiger partial charge in [-0.1, -0.05) is 19.1 Å². The molecule has 0 aliphatic carbocycles. The highest BCUT2D eigenvalue weighted by atomic mass is 16.1. The van der Waals surface area contributed by atoms with E-state index < -0.39 is 0 Å². The molecule has 22 heavy (non-hydrogen) atoms. The summed E-state index contributed by atoms with van der Waals surface area (Å²) in [5.74, 6) is 0.951. The first-order valence-electron chi connectivity index (χ1n) is 7.38. The van der Waals surface area contributed by atoms with Crippen molar-refractivity contribution in [1.82, 2.24) is 20.3 Å². The topological polar surface area (TPSA) is 70.7 Å². The van der Waals surface area contributed by atoms with Crippen molar-refractivity contribution in [2.24, 2.45) is 0 Å². The molecule has 0 bridgehead atoms. The number of benzene rings is 1. The Balaban J connectivity index is 1.63. The van der Waals surface area contributed by atoms with Crippen LogP contribution in [-0.2, 0) is 24.2 Å². The van der Waals surface area contributed by atoms with E-state index in [0.717, 1.165) is 34.5 Å². The maximum Gasteiger partial charge on any atom is 0.224 e. The summed E-state index contributed by atoms with van der Waals surface area (Å²) in [4.78, 5) is 23.9. The van der Waals surface area contributed by atoms with Crippen molar-refractivity contribution in [3.05, 3.63) is 59.7 Å². The van der Waals surface area contributed by atoms with E-state index in [4.69, 9.17) is 0 Å². The second-order valence-corrected chi connectivity index (χ2v) is 5.16. The molecule has 1 amide bonds. The van der Waals surface area contributed by atoms with Crippen molar-refractivity contribution >= 4 is 16.9 Å². The zero-order chi connectivity index (χ0) is 15.4. The molecule has 1 aromatic carbocycles. The summed E-state index contributed by atoms with van der Waals surface area (Å²) < 4.78 is 0. The van der Waals surface area contributed by atoms with Crippen molar-refractivity contribution in [3.8, 4) is 0 Å². The summed E-state index contributed by atoms with van der Waals surface area (Å²) >= 11 is 0. The Morgan fingerprint density at radius 2 is 2.18 bits per heavy atom. The molecule has 0 spiro atoms. The van der Waals surface area contributed by atoms with E-state index in [0.29, 0.717) is 13.0 Å². The zero-order valence-electron chi connectivity index (χ0n) is 12.5. The summed E-state index contributed by atoms with van der Waals surface area (Å²) in [7, 11) is 0. The fourth-order valence-corrected chi connectivity index (χ4v) is 2.33. The minimum atomic E-state index is -0.0137. The van der Waals surface area contributed by atoms with E-state index in [1.807, 2.05) is 36.4 Å². The highest BCUT2D eigenvalue weighted by Crippen LogP contribution is 2.14. The highest BCUT2D eigenvalue weighted by molar-refractivity contribution is 5.81. The van der Waals surface area contributed by atoms with Gasteiger partial charge in [-0.3, -0.25) is 9.78 Å². The summed E-state index contributed by atoms with van der Waals surface area (Å²) in [5.41, 5.74) is 3.74. The lowest BCUT2D eigenvalue weighted by atomic mass is 10.1. The van der Waals surface area contributed by atoms with E-state index >= 15 is 0 Å². The number of carbonyl (C=O) groups excluding carboxylic acids is 1. The zero-order valence-corrected chi connectivity index (χ0v) is 12.5. The molecular weight excluding hydrogens is 276 g/mol. The van der Waals surface area contributed by atoms with Gasteiger partial charge in [0.15, 0.2) is 0 Å². The third-order valence-electron chi connectivity index (χ3n) is 3.49. The number of carbonyl (C=O) groups is 1. The molecule has 2 aromatic heterocycles. The fourth-order valence-electron chi connectivity index (χ4n) is 2.33. The van der Waals surface area contributed by atoms with E-state index in [2.05, 4.69) is 27.2 Å². The summed E-state index contributed by atoms with van der Waals surface area (Å²) in [5, 5.41) is 2.88. The number of nitrogens with one attached hydrogen (secondary N) is 2. The minimum Gasteiger partial charge on any atom is -0.350 e. The molecule has 5 heteroatoms. The molecule has 0 fully saturated rings. The molecule has 3 aromatic rings. The Kier molecular flexibility index (Phi) is 4.14. The number of amides is 1. The smallest absolute Gasteiger partial charge is 0.224 e. The van der Waals surface area contributed by atoms with Crippen LogP contribution in [0.4, 0.5) is 0 Å². The summed E-state index contributed by atoms with van der Waals surface area (Å²) in [6.07, 6.45) is 2.94. The number of aryl methyl sites for hydroxylation is 1. The normalized spacial score (nSPS) is 10.8. The number of rotatable bonds is 5. The number of H-pyrrole nitrogens is 1. The number of imidazole rings is 1. The minimum absolute atomic E-state index is 0.0137. The van der Waals surface area contributed by atoms with Crippen LogP contribution in [-0.4, -0.2) is 20.9 Å². The number of pyridine rings is 1. The Bertz CT molecular complexity index is 780. The highest BCUT2D eigenvalue weighted by Gasteiger charge is 2.07. The molecule has 0 aliphatic heterocycles. The number of aromatic amines is 1. The van der Waals surface area contributed by atoms with Gasteiger partial charge in [0.25, 0.3) is 0 Å². The first-order valence-corrected chi connectivity index (χ1v) is 7.38. The molecule has 0 saturated heterocycles. The quantitative estimate of drug-likeness (QED) is 0.759. The van der Waals surface area contributed by atoms with Crippen LogP contribution in [0.25, 0.3) is 11.0 Å². The standard InChI is InChI=1S/C17H18N4O/c1-2-16-20-14-7-6-12(9-15(14)21-16)10-17(22)19-11-13-5-3-4-8-18-13/h3-9H,2,10-11H2,1H3,(H,19,22)(H,20,21). The molecule has 0 saturated carbocycles. The SMILES string of the molecule is CCc1nc2ccc(CC(=O)NCc3ccccn3)cc2[nH]1. The number of hydrogen-bond donors (Lipinski definition) is 2. The Morgan fingerprint density at radius 3 is 2.95 bits per heavy atom. The lowest BCUT2D eigenvalue weighted by Crippen LogP contribution is -2.24. The number of nitrogens with zero attached hydrogens (tertiary/aromatic N) is 2. The maximum atomic E-state index is 12.0. The van der Waals surface area contributed by atoms with Crippen LogP contribution in [0.2, 0.25) is 0 Å². The third kappa shape index (κ3) is 3.31. The maximum absolute atomic E-state index is 12.0. The van der Waals surface area contributed by atoms with Crippen molar-refractivity contribution in [2.45, 2.75) is 26.3 Å². The summed E-state index contributed by atoms with van der Waals surface area (Å²) in [6.45, 7) is 2.51. The van der Waals surface area contributed by atoms with Gasteiger partial charge in [-0.25, -0.2) is 4.98 Å². The van der Waals surface area contributed by atoms with E-state index in [1.165, 1.54) is 0 Å². The van der Waals surface area contributed by atoms with Gasteiger partial charge in [0.05, 0.1) is 29.7 Å². The van der Waals surface area contributed by atoms with Gasteiger partial charge in [-0.15, -0.1) is 0 Å². The van der Waals surface area contributed by atoms with Crippen LogP contribution >= 0.6 is 0 Å². The monoisotopic (exact) mass is 294 g/mol. The molecule has 0 aliphatic rings. The molecule has 0 unspecified atom stereocenters. The second kappa shape index (κ2) is 6.39. The molecule has 3 rings (SSSR count). The average Bonchev–Trinajstić information content (AvgIpc) is 2.96. The largest absolute Gasteiger partial charge is 0.350 e. The predicted molar refractivity (Wildman–Crippen MR) is 85.3 cm³/mol. The van der Waals surface area contributed by atoms with Crippen molar-refractivity contribution in [2.75, 3.05) is 0 Å². The molecule has 2 N–H and O–H groups in total. The Hall–Kier alpha value is -2.69. The first kappa shape index (κ1) is 14.3. The Labute approximate surface area is 128 Å². The van der Waals surface area contributed by atoms with Crippen molar-refractivity contribution < 1.29 is 4.79 Å². The van der Waals surface area contributed by atoms with Gasteiger partial charge < -0.3 is 10.3 Å². The van der Waals surface area contributed by atoms with Crippen LogP contribution in [0.3, 0.4) is 0 Å². The predicted octanol–water partition coefficient (Wildman–Crippen LogP) is 2.38. The van der Waals surface area contributed by atoms with Gasteiger partial charge in [-0.2, -0.15) is 0 Å². The molecule has 2 heterocycles. The molecule has 5 nitrogen and oxygen atoms in total. The van der Waals surface area contributed by atoms with E-state index in [1.54, 1.807) is 6.20 Å². The van der Waals surface area contributed by atoms with Gasteiger partial charge in [-0.05, 0) is 29.8 Å². The van der Waals surface area contributed by atoms with Gasteiger partial charge >= 0.3 is 0 Å². The number of hydrogen-bond acceptors (Lipinski definition) is 3. The molecular formula is C17H18N4O. The summed E-state index contributed by atoms with van der Waals surface area (Å²) in [6, 6.07) is 11.5. The van der Waals surface area contributed by atoms with Crippen LogP contribution < -0.4 is 5.32 Å². The van der Waals surface area contributed by atoms with E-state index in [9.17, 15) is 4.79 Å². The lowest BCUT2D eigenvalue weighted by Gasteiger charge is -2.05. The van der Waals surface area contributed by atoms with Gasteiger partial charge in [0.2, 0.25) is 5.91 Å². The van der Waals surface area contributed by atoms with Gasteiger partial charge in [0, 0.05) is 12.6 Å². The first-order chi connectivity index (χ1) is 10.7. The van der Waals surface area contributed by atoms with Gasteiger partial charge in [0.1, 0.15) is 5.82 Å². The molecule has 0 atom stereocenters. The molecule has 0 radical (unpaired) electrons. The molecule has 112 valence electrons. The van der Waals surface area contributed by atoms with Crippen LogP contribution in [0.5, 0.6) is 0 Å². The fraction of sp³-hybridized carbons (Fsp3) is 0.235. The lowest BCUT2D eigenvalue weighted by molar-refractivity contribution is -0.120.